The molecule has 1 aromatic rings. The molecule has 0 fully saturated rings. The van der Waals surface area contributed by atoms with Crippen molar-refractivity contribution in [3.05, 3.63) is 36.8 Å². The SMILES string of the molecule is [CH2-]c1ccc(OC)cc1.[K+]. The summed E-state index contributed by atoms with van der Waals surface area (Å²) >= 11 is 0. The van der Waals surface area contributed by atoms with Crippen molar-refractivity contribution in [1.29, 1.82) is 0 Å². The molecule has 0 spiro atoms. The summed E-state index contributed by atoms with van der Waals surface area (Å²) in [7, 11) is 1.65. The monoisotopic (exact) mass is 160 g/mol. The second-order valence-corrected chi connectivity index (χ2v) is 1.85. The van der Waals surface area contributed by atoms with E-state index in [-0.39, 0.29) is 51.4 Å². The van der Waals surface area contributed by atoms with Gasteiger partial charge >= 0.3 is 51.4 Å². The molecule has 10 heavy (non-hydrogen) atoms. The third-order valence-corrected chi connectivity index (χ3v) is 1.16. The molecule has 0 aliphatic rings. The maximum atomic E-state index is 4.94. The van der Waals surface area contributed by atoms with Gasteiger partial charge in [-0.25, -0.2) is 0 Å². The zero-order valence-corrected chi connectivity index (χ0v) is 9.55. The molecule has 0 heterocycles. The van der Waals surface area contributed by atoms with E-state index in [2.05, 4.69) is 6.92 Å². The van der Waals surface area contributed by atoms with Gasteiger partial charge in [-0.1, -0.05) is 12.1 Å². The summed E-state index contributed by atoms with van der Waals surface area (Å²) in [5, 5.41) is 0. The molecule has 0 radical (unpaired) electrons. The predicted molar refractivity (Wildman–Crippen MR) is 37.5 cm³/mol. The average Bonchev–Trinajstić information content (AvgIpc) is 1.90. The summed E-state index contributed by atoms with van der Waals surface area (Å²) in [5.74, 6) is 0.877. The molecule has 0 atom stereocenters. The van der Waals surface area contributed by atoms with Crippen LogP contribution >= 0.6 is 0 Å². The van der Waals surface area contributed by atoms with Gasteiger partial charge in [0.05, 0.1) is 12.9 Å². The van der Waals surface area contributed by atoms with Crippen molar-refractivity contribution in [3.8, 4) is 5.75 Å². The summed E-state index contributed by atoms with van der Waals surface area (Å²) < 4.78 is 4.94. The van der Waals surface area contributed by atoms with E-state index in [4.69, 9.17) is 4.74 Å². The Morgan fingerprint density at radius 2 is 1.70 bits per heavy atom. The Bertz CT molecular complexity index is 181. The van der Waals surface area contributed by atoms with E-state index in [1.807, 2.05) is 24.3 Å². The van der Waals surface area contributed by atoms with Crippen LogP contribution in [0.5, 0.6) is 5.75 Å². The number of rotatable bonds is 1. The molecule has 1 rings (SSSR count). The molecule has 0 N–H and O–H groups in total. The van der Waals surface area contributed by atoms with Crippen LogP contribution in [0.4, 0.5) is 0 Å². The van der Waals surface area contributed by atoms with Crippen molar-refractivity contribution in [2.75, 3.05) is 7.11 Å². The Morgan fingerprint density at radius 1 is 1.20 bits per heavy atom. The van der Waals surface area contributed by atoms with E-state index >= 15 is 0 Å². The van der Waals surface area contributed by atoms with Gasteiger partial charge in [-0.15, -0.1) is 0 Å². The minimum atomic E-state index is 0. The minimum Gasteiger partial charge on any atom is -0.499 e. The first-order chi connectivity index (χ1) is 4.33. The fourth-order valence-corrected chi connectivity index (χ4v) is 0.626. The van der Waals surface area contributed by atoms with Crippen LogP contribution in [0.2, 0.25) is 0 Å². The van der Waals surface area contributed by atoms with E-state index in [9.17, 15) is 0 Å². The molecule has 1 nitrogen and oxygen atoms in total. The Hall–Kier alpha value is 0.526. The van der Waals surface area contributed by atoms with Gasteiger partial charge in [0.15, 0.2) is 0 Å². The molecule has 0 saturated carbocycles. The molecule has 0 aliphatic carbocycles. The van der Waals surface area contributed by atoms with Crippen molar-refractivity contribution >= 4 is 0 Å². The van der Waals surface area contributed by atoms with E-state index in [1.165, 1.54) is 0 Å². The second kappa shape index (κ2) is 5.21. The van der Waals surface area contributed by atoms with E-state index in [1.54, 1.807) is 7.11 Å². The molecule has 0 amide bonds. The fraction of sp³-hybridized carbons (Fsp3) is 0.125. The van der Waals surface area contributed by atoms with Gasteiger partial charge in [0.2, 0.25) is 0 Å². The summed E-state index contributed by atoms with van der Waals surface area (Å²) in [6.45, 7) is 3.74. The van der Waals surface area contributed by atoms with Crippen LogP contribution in [-0.2, 0) is 0 Å². The van der Waals surface area contributed by atoms with Crippen LogP contribution in [0.15, 0.2) is 24.3 Å². The van der Waals surface area contributed by atoms with Gasteiger partial charge in [-0.3, -0.25) is 0 Å². The summed E-state index contributed by atoms with van der Waals surface area (Å²) in [6.07, 6.45) is 0. The summed E-state index contributed by atoms with van der Waals surface area (Å²) in [5.41, 5.74) is 1.01. The Balaban J connectivity index is 0.000000810. The molecule has 0 unspecified atom stereocenters. The van der Waals surface area contributed by atoms with Crippen LogP contribution in [0.25, 0.3) is 0 Å². The molecule has 48 valence electrons. The molecule has 1 aromatic carbocycles. The van der Waals surface area contributed by atoms with Gasteiger partial charge in [0.1, 0.15) is 0 Å². The molecule has 2 heteroatoms. The average molecular weight is 160 g/mol. The fourth-order valence-electron chi connectivity index (χ4n) is 0.626. The van der Waals surface area contributed by atoms with Crippen LogP contribution in [0.3, 0.4) is 0 Å². The molecule has 0 aromatic heterocycles. The van der Waals surface area contributed by atoms with Gasteiger partial charge in [0, 0.05) is 0 Å². The second-order valence-electron chi connectivity index (χ2n) is 1.85. The molecular formula is C8H9KO. The maximum absolute atomic E-state index is 4.94. The largest absolute Gasteiger partial charge is 1.00 e. The standard InChI is InChI=1S/C8H9O.K/c1-7-3-5-8(9-2)6-4-7;/h3-6H,1H2,2H3;/q-1;+1. The van der Waals surface area contributed by atoms with Crippen molar-refractivity contribution in [3.63, 3.8) is 0 Å². The number of hydrogen-bond donors (Lipinski definition) is 0. The number of benzene rings is 1. The maximum Gasteiger partial charge on any atom is 1.00 e. The Kier molecular flexibility index (Phi) is 5.49. The van der Waals surface area contributed by atoms with E-state index < -0.39 is 0 Å². The summed E-state index contributed by atoms with van der Waals surface area (Å²) in [6, 6.07) is 7.61. The van der Waals surface area contributed by atoms with Crippen molar-refractivity contribution < 1.29 is 56.1 Å². The normalized spacial score (nSPS) is 8.10. The van der Waals surface area contributed by atoms with Gasteiger partial charge in [-0.05, 0) is 0 Å². The Morgan fingerprint density at radius 3 is 2.10 bits per heavy atom. The third-order valence-electron chi connectivity index (χ3n) is 1.16. The first-order valence-electron chi connectivity index (χ1n) is 2.79. The Labute approximate surface area is 104 Å². The third kappa shape index (κ3) is 3.08. The zero-order valence-electron chi connectivity index (χ0n) is 6.42. The molecule has 0 saturated heterocycles. The van der Waals surface area contributed by atoms with Crippen molar-refractivity contribution in [1.82, 2.24) is 0 Å². The van der Waals surface area contributed by atoms with Crippen LogP contribution in [-0.4, -0.2) is 7.11 Å². The van der Waals surface area contributed by atoms with E-state index in [0.717, 1.165) is 11.3 Å². The van der Waals surface area contributed by atoms with Gasteiger partial charge in [-0.2, -0.15) is 24.6 Å². The smallest absolute Gasteiger partial charge is 0.499 e. The first-order valence-corrected chi connectivity index (χ1v) is 2.79. The number of hydrogen-bond acceptors (Lipinski definition) is 1. The van der Waals surface area contributed by atoms with Crippen LogP contribution in [0.1, 0.15) is 5.56 Å². The summed E-state index contributed by atoms with van der Waals surface area (Å²) in [4.78, 5) is 0. The van der Waals surface area contributed by atoms with Gasteiger partial charge in [0.25, 0.3) is 0 Å². The molecule has 0 aliphatic heterocycles. The van der Waals surface area contributed by atoms with Crippen LogP contribution < -0.4 is 56.1 Å². The van der Waals surface area contributed by atoms with Crippen LogP contribution in [0, 0.1) is 6.92 Å². The number of methoxy groups -OCH3 is 1. The number of ether oxygens (including phenoxy) is 1. The van der Waals surface area contributed by atoms with Crippen molar-refractivity contribution in [2.45, 2.75) is 0 Å². The molecular weight excluding hydrogens is 151 g/mol. The minimum absolute atomic E-state index is 0. The zero-order chi connectivity index (χ0) is 6.69. The quantitative estimate of drug-likeness (QED) is 0.373. The first kappa shape index (κ1) is 10.5. The molecule has 0 bridgehead atoms. The topological polar surface area (TPSA) is 9.23 Å². The van der Waals surface area contributed by atoms with Crippen molar-refractivity contribution in [2.24, 2.45) is 0 Å². The van der Waals surface area contributed by atoms with Gasteiger partial charge < -0.3 is 4.74 Å². The predicted octanol–water partition coefficient (Wildman–Crippen LogP) is -1.12. The van der Waals surface area contributed by atoms with E-state index in [0.29, 0.717) is 0 Å².